The van der Waals surface area contributed by atoms with Crippen molar-refractivity contribution in [1.82, 2.24) is 0 Å². The molecule has 0 heterocycles. The fourth-order valence-electron chi connectivity index (χ4n) is 1.77. The summed E-state index contributed by atoms with van der Waals surface area (Å²) in [6.07, 6.45) is 0. The Hall–Kier alpha value is -2.33. The molecule has 2 rings (SSSR count). The molecule has 0 radical (unpaired) electrons. The van der Waals surface area contributed by atoms with Gasteiger partial charge in [0.1, 0.15) is 12.4 Å². The van der Waals surface area contributed by atoms with Crippen molar-refractivity contribution in [2.75, 3.05) is 19.0 Å². The lowest BCUT2D eigenvalue weighted by Crippen LogP contribution is -2.18. The summed E-state index contributed by atoms with van der Waals surface area (Å²) in [6, 6.07) is 17.0. The van der Waals surface area contributed by atoms with Crippen molar-refractivity contribution in [3.8, 4) is 5.75 Å². The van der Waals surface area contributed by atoms with Crippen molar-refractivity contribution >= 4 is 11.6 Å². The highest BCUT2D eigenvalue weighted by molar-refractivity contribution is 5.93. The number of methoxy groups -OCH3 is 1. The molecule has 0 spiro atoms. The third-order valence-electron chi connectivity index (χ3n) is 2.73. The molecular weight excluding hydrogens is 254 g/mol. The van der Waals surface area contributed by atoms with Gasteiger partial charge < -0.3 is 14.8 Å². The van der Waals surface area contributed by atoms with Gasteiger partial charge in [0.05, 0.1) is 19.4 Å². The van der Waals surface area contributed by atoms with E-state index in [4.69, 9.17) is 9.47 Å². The van der Waals surface area contributed by atoms with E-state index in [0.717, 1.165) is 5.56 Å². The first-order valence-electron chi connectivity index (χ1n) is 6.34. The smallest absolute Gasteiger partial charge is 0.250 e. The Morgan fingerprint density at radius 1 is 1.05 bits per heavy atom. The lowest BCUT2D eigenvalue weighted by Gasteiger charge is -2.10. The average molecular weight is 271 g/mol. The van der Waals surface area contributed by atoms with Crippen LogP contribution in [0.4, 0.5) is 5.69 Å². The number of benzene rings is 2. The van der Waals surface area contributed by atoms with Gasteiger partial charge in [-0.05, 0) is 17.7 Å². The molecule has 0 saturated carbocycles. The van der Waals surface area contributed by atoms with Gasteiger partial charge in [0.25, 0.3) is 0 Å². The van der Waals surface area contributed by atoms with Gasteiger partial charge in [0.2, 0.25) is 5.91 Å². The summed E-state index contributed by atoms with van der Waals surface area (Å²) in [4.78, 5) is 11.8. The van der Waals surface area contributed by atoms with E-state index in [-0.39, 0.29) is 12.5 Å². The highest BCUT2D eigenvalue weighted by Gasteiger charge is 2.06. The maximum atomic E-state index is 11.8. The van der Waals surface area contributed by atoms with Crippen molar-refractivity contribution in [2.45, 2.75) is 6.61 Å². The number of nitrogens with one attached hydrogen (secondary N) is 1. The van der Waals surface area contributed by atoms with Gasteiger partial charge >= 0.3 is 0 Å². The molecule has 0 bridgehead atoms. The van der Waals surface area contributed by atoms with E-state index in [0.29, 0.717) is 18.0 Å². The summed E-state index contributed by atoms with van der Waals surface area (Å²) in [5, 5.41) is 2.76. The Labute approximate surface area is 118 Å². The van der Waals surface area contributed by atoms with Crippen LogP contribution in [-0.4, -0.2) is 19.6 Å². The third-order valence-corrected chi connectivity index (χ3v) is 2.73. The second-order valence-corrected chi connectivity index (χ2v) is 4.23. The topological polar surface area (TPSA) is 47.6 Å². The molecule has 20 heavy (non-hydrogen) atoms. The molecule has 0 saturated heterocycles. The zero-order valence-electron chi connectivity index (χ0n) is 11.3. The molecular formula is C16H17NO3. The minimum absolute atomic E-state index is 0.00689. The number of carbonyl (C=O) groups excluding carboxylic acids is 1. The standard InChI is InChI=1S/C16H17NO3/c1-19-15-10-6-5-9-14(15)17-16(18)12-20-11-13-7-3-2-4-8-13/h2-10H,11-12H2,1H3,(H,17,18). The molecule has 1 N–H and O–H groups in total. The minimum Gasteiger partial charge on any atom is -0.495 e. The minimum atomic E-state index is -0.203. The summed E-state index contributed by atoms with van der Waals surface area (Å²) in [5.41, 5.74) is 1.68. The summed E-state index contributed by atoms with van der Waals surface area (Å²) < 4.78 is 10.5. The Morgan fingerprint density at radius 3 is 2.50 bits per heavy atom. The fourth-order valence-corrected chi connectivity index (χ4v) is 1.77. The van der Waals surface area contributed by atoms with E-state index < -0.39 is 0 Å². The van der Waals surface area contributed by atoms with Crippen molar-refractivity contribution in [1.29, 1.82) is 0 Å². The molecule has 0 aliphatic rings. The highest BCUT2D eigenvalue weighted by Crippen LogP contribution is 2.22. The molecule has 0 fully saturated rings. The lowest BCUT2D eigenvalue weighted by molar-refractivity contribution is -0.121. The summed E-state index contributed by atoms with van der Waals surface area (Å²) in [6.45, 7) is 0.424. The highest BCUT2D eigenvalue weighted by atomic mass is 16.5. The van der Waals surface area contributed by atoms with Crippen LogP contribution in [0.2, 0.25) is 0 Å². The quantitative estimate of drug-likeness (QED) is 0.878. The molecule has 0 aromatic heterocycles. The van der Waals surface area contributed by atoms with Gasteiger partial charge in [0, 0.05) is 0 Å². The number of para-hydroxylation sites is 2. The normalized spacial score (nSPS) is 10.1. The summed E-state index contributed by atoms with van der Waals surface area (Å²) in [7, 11) is 1.57. The Balaban J connectivity index is 1.81. The van der Waals surface area contributed by atoms with E-state index in [1.165, 1.54) is 0 Å². The monoisotopic (exact) mass is 271 g/mol. The summed E-state index contributed by atoms with van der Waals surface area (Å²) >= 11 is 0. The Kier molecular flexibility index (Phi) is 5.15. The first-order chi connectivity index (χ1) is 9.79. The van der Waals surface area contributed by atoms with Gasteiger partial charge in [-0.3, -0.25) is 4.79 Å². The molecule has 1 amide bonds. The molecule has 2 aromatic rings. The zero-order chi connectivity index (χ0) is 14.2. The van der Waals surface area contributed by atoms with Crippen LogP contribution in [-0.2, 0) is 16.1 Å². The van der Waals surface area contributed by atoms with Crippen LogP contribution in [0.25, 0.3) is 0 Å². The predicted molar refractivity (Wildman–Crippen MR) is 77.7 cm³/mol. The third kappa shape index (κ3) is 4.10. The number of rotatable bonds is 6. The number of amides is 1. The van der Waals surface area contributed by atoms with E-state index in [1.54, 1.807) is 19.2 Å². The number of carbonyl (C=O) groups is 1. The van der Waals surface area contributed by atoms with Crippen LogP contribution >= 0.6 is 0 Å². The van der Waals surface area contributed by atoms with Crippen molar-refractivity contribution < 1.29 is 14.3 Å². The van der Waals surface area contributed by atoms with Crippen LogP contribution in [0.15, 0.2) is 54.6 Å². The second-order valence-electron chi connectivity index (χ2n) is 4.23. The molecule has 0 unspecified atom stereocenters. The molecule has 2 aromatic carbocycles. The van der Waals surface area contributed by atoms with Crippen LogP contribution in [0, 0.1) is 0 Å². The van der Waals surface area contributed by atoms with Crippen LogP contribution in [0.3, 0.4) is 0 Å². The van der Waals surface area contributed by atoms with E-state index in [1.807, 2.05) is 42.5 Å². The molecule has 4 nitrogen and oxygen atoms in total. The summed E-state index contributed by atoms with van der Waals surface area (Å²) in [5.74, 6) is 0.425. The van der Waals surface area contributed by atoms with Crippen LogP contribution in [0.5, 0.6) is 5.75 Å². The van der Waals surface area contributed by atoms with Crippen molar-refractivity contribution in [3.63, 3.8) is 0 Å². The first kappa shape index (κ1) is 14.1. The van der Waals surface area contributed by atoms with Crippen LogP contribution in [0.1, 0.15) is 5.56 Å². The van der Waals surface area contributed by atoms with Gasteiger partial charge in [-0.25, -0.2) is 0 Å². The Morgan fingerprint density at radius 2 is 1.75 bits per heavy atom. The van der Waals surface area contributed by atoms with E-state index >= 15 is 0 Å². The second kappa shape index (κ2) is 7.31. The maximum Gasteiger partial charge on any atom is 0.250 e. The predicted octanol–water partition coefficient (Wildman–Crippen LogP) is 2.85. The largest absolute Gasteiger partial charge is 0.495 e. The number of hydrogen-bond donors (Lipinski definition) is 1. The van der Waals surface area contributed by atoms with E-state index in [9.17, 15) is 4.79 Å². The molecule has 0 aliphatic heterocycles. The van der Waals surface area contributed by atoms with Crippen molar-refractivity contribution in [3.05, 3.63) is 60.2 Å². The van der Waals surface area contributed by atoms with Gasteiger partial charge in [-0.15, -0.1) is 0 Å². The molecule has 0 aliphatic carbocycles. The van der Waals surface area contributed by atoms with Crippen LogP contribution < -0.4 is 10.1 Å². The van der Waals surface area contributed by atoms with Gasteiger partial charge in [-0.1, -0.05) is 42.5 Å². The molecule has 0 atom stereocenters. The molecule has 4 heteroatoms. The number of ether oxygens (including phenoxy) is 2. The van der Waals surface area contributed by atoms with E-state index in [2.05, 4.69) is 5.32 Å². The average Bonchev–Trinajstić information content (AvgIpc) is 2.49. The SMILES string of the molecule is COc1ccccc1NC(=O)COCc1ccccc1. The first-order valence-corrected chi connectivity index (χ1v) is 6.34. The maximum absolute atomic E-state index is 11.8. The lowest BCUT2D eigenvalue weighted by atomic mass is 10.2. The van der Waals surface area contributed by atoms with Gasteiger partial charge in [0.15, 0.2) is 0 Å². The Bertz CT molecular complexity index is 555. The zero-order valence-corrected chi connectivity index (χ0v) is 11.3. The fraction of sp³-hybridized carbons (Fsp3) is 0.188. The number of hydrogen-bond acceptors (Lipinski definition) is 3. The van der Waals surface area contributed by atoms with Crippen molar-refractivity contribution in [2.24, 2.45) is 0 Å². The molecule has 104 valence electrons. The number of anilines is 1. The van der Waals surface area contributed by atoms with Gasteiger partial charge in [-0.2, -0.15) is 0 Å².